The van der Waals surface area contributed by atoms with E-state index in [0.717, 1.165) is 0 Å². The van der Waals surface area contributed by atoms with Gasteiger partial charge in [-0.1, -0.05) is 59.6 Å². The lowest BCUT2D eigenvalue weighted by molar-refractivity contribution is 0.0956. The number of nitrogens with zero attached hydrogens (tertiary/aromatic N) is 3. The van der Waals surface area contributed by atoms with Crippen LogP contribution in [0.4, 0.5) is 8.78 Å². The normalized spacial score (nSPS) is 11.1. The number of rotatable bonds is 6. The Hall–Kier alpha value is -4.01. The zero-order chi connectivity index (χ0) is 26.1. The van der Waals surface area contributed by atoms with Crippen molar-refractivity contribution in [1.29, 1.82) is 0 Å². The van der Waals surface area contributed by atoms with E-state index in [1.807, 2.05) is 30.3 Å². The van der Waals surface area contributed by atoms with Gasteiger partial charge in [0.15, 0.2) is 5.82 Å². The third-order valence-electron chi connectivity index (χ3n) is 5.72. The molecular weight excluding hydrogens is 519 g/mol. The Kier molecular flexibility index (Phi) is 6.78. The van der Waals surface area contributed by atoms with Crippen molar-refractivity contribution in [1.82, 2.24) is 25.1 Å². The molecule has 6 nitrogen and oxygen atoms in total. The van der Waals surface area contributed by atoms with Gasteiger partial charge in [-0.15, -0.1) is 0 Å². The van der Waals surface area contributed by atoms with Crippen molar-refractivity contribution in [2.24, 2.45) is 0 Å². The minimum Gasteiger partial charge on any atom is -0.352 e. The molecule has 37 heavy (non-hydrogen) atoms. The third-order valence-corrected chi connectivity index (χ3v) is 6.30. The predicted octanol–water partition coefficient (Wildman–Crippen LogP) is 6.93. The van der Waals surface area contributed by atoms with Gasteiger partial charge in [0.2, 0.25) is 0 Å². The molecule has 0 saturated carbocycles. The van der Waals surface area contributed by atoms with Crippen LogP contribution in [0, 0.1) is 11.6 Å². The zero-order valence-corrected chi connectivity index (χ0v) is 20.9. The van der Waals surface area contributed by atoms with E-state index >= 15 is 4.39 Å². The molecule has 0 spiro atoms. The van der Waals surface area contributed by atoms with E-state index in [9.17, 15) is 9.18 Å². The number of nitrogens with one attached hydrogen (secondary N) is 2. The van der Waals surface area contributed by atoms with E-state index in [2.05, 4.69) is 15.5 Å². The lowest BCUT2D eigenvalue weighted by Crippen LogP contribution is -2.22. The molecule has 2 heterocycles. The molecule has 0 radical (unpaired) electrons. The fourth-order valence-electron chi connectivity index (χ4n) is 4.07. The Morgan fingerprint density at radius 2 is 1.76 bits per heavy atom. The van der Waals surface area contributed by atoms with E-state index in [1.165, 1.54) is 30.5 Å². The van der Waals surface area contributed by atoms with Crippen molar-refractivity contribution in [3.63, 3.8) is 0 Å². The van der Waals surface area contributed by atoms with Gasteiger partial charge >= 0.3 is 0 Å². The average Bonchev–Trinajstić information content (AvgIpc) is 3.53. The largest absolute Gasteiger partial charge is 0.352 e. The van der Waals surface area contributed by atoms with Crippen LogP contribution in [0.2, 0.25) is 10.0 Å². The van der Waals surface area contributed by atoms with E-state index in [1.54, 1.807) is 23.6 Å². The summed E-state index contributed by atoms with van der Waals surface area (Å²) in [5.41, 5.74) is 2.29. The second kappa shape index (κ2) is 10.2. The van der Waals surface area contributed by atoms with Crippen LogP contribution in [0.3, 0.4) is 0 Å². The van der Waals surface area contributed by atoms with Crippen molar-refractivity contribution in [2.45, 2.75) is 6.92 Å². The number of H-pyrrole nitrogens is 1. The highest BCUT2D eigenvalue weighted by atomic mass is 35.5. The van der Waals surface area contributed by atoms with Crippen LogP contribution in [-0.2, 0) is 0 Å². The van der Waals surface area contributed by atoms with Crippen LogP contribution in [-0.4, -0.2) is 32.2 Å². The number of aromatic nitrogens is 4. The monoisotopic (exact) mass is 537 g/mol. The van der Waals surface area contributed by atoms with Crippen LogP contribution in [0.15, 0.2) is 72.9 Å². The summed E-state index contributed by atoms with van der Waals surface area (Å²) in [6.07, 6.45) is 1.46. The summed E-state index contributed by atoms with van der Waals surface area (Å²) in [4.78, 5) is 17.7. The highest BCUT2D eigenvalue weighted by molar-refractivity contribution is 6.31. The Morgan fingerprint density at radius 1 is 0.973 bits per heavy atom. The molecule has 0 aliphatic carbocycles. The molecule has 0 bridgehead atoms. The average molecular weight is 538 g/mol. The van der Waals surface area contributed by atoms with Gasteiger partial charge in [-0.25, -0.2) is 13.8 Å². The summed E-state index contributed by atoms with van der Waals surface area (Å²) in [6, 6.07) is 17.9. The number of hydrogen-bond donors (Lipinski definition) is 2. The first-order valence-corrected chi connectivity index (χ1v) is 12.1. The second-order valence-corrected chi connectivity index (χ2v) is 8.86. The van der Waals surface area contributed by atoms with Gasteiger partial charge < -0.3 is 5.32 Å². The number of hydrogen-bond acceptors (Lipinski definition) is 3. The first kappa shape index (κ1) is 24.7. The SMILES string of the molecule is CCNC(=O)c1c[nH]nc1-c1nc(-c2ccccc2)n(-c2cccc(Cl)c2F)c1-c1ccc(F)c(Cl)c1. The number of carbonyl (C=O) groups excluding carboxylic acids is 1. The van der Waals surface area contributed by atoms with Gasteiger partial charge in [-0.2, -0.15) is 5.10 Å². The van der Waals surface area contributed by atoms with Gasteiger partial charge in [-0.05, 0) is 37.3 Å². The summed E-state index contributed by atoms with van der Waals surface area (Å²) in [7, 11) is 0. The summed E-state index contributed by atoms with van der Waals surface area (Å²) in [6.45, 7) is 2.20. The first-order valence-electron chi connectivity index (χ1n) is 11.3. The third kappa shape index (κ3) is 4.50. The fourth-order valence-corrected chi connectivity index (χ4v) is 4.42. The second-order valence-electron chi connectivity index (χ2n) is 8.04. The smallest absolute Gasteiger partial charge is 0.255 e. The summed E-state index contributed by atoms with van der Waals surface area (Å²) < 4.78 is 31.3. The Bertz CT molecular complexity index is 1610. The molecule has 0 saturated heterocycles. The van der Waals surface area contributed by atoms with Crippen LogP contribution >= 0.6 is 23.2 Å². The van der Waals surface area contributed by atoms with E-state index < -0.39 is 11.6 Å². The molecule has 186 valence electrons. The quantitative estimate of drug-likeness (QED) is 0.246. The molecule has 0 unspecified atom stereocenters. The molecule has 2 N–H and O–H groups in total. The lowest BCUT2D eigenvalue weighted by Gasteiger charge is -2.15. The molecule has 0 atom stereocenters. The molecule has 3 aromatic carbocycles. The van der Waals surface area contributed by atoms with E-state index in [4.69, 9.17) is 28.2 Å². The van der Waals surface area contributed by atoms with Gasteiger partial charge in [0.1, 0.15) is 23.0 Å². The van der Waals surface area contributed by atoms with Gasteiger partial charge in [0, 0.05) is 23.9 Å². The number of amides is 1. The Balaban J connectivity index is 1.92. The van der Waals surface area contributed by atoms with Crippen molar-refractivity contribution in [3.05, 3.63) is 100 Å². The molecule has 5 rings (SSSR count). The summed E-state index contributed by atoms with van der Waals surface area (Å²) in [5, 5.41) is 9.57. The van der Waals surface area contributed by atoms with Crippen molar-refractivity contribution in [2.75, 3.05) is 6.54 Å². The van der Waals surface area contributed by atoms with Crippen LogP contribution < -0.4 is 5.32 Å². The maximum absolute atomic E-state index is 15.5. The molecule has 1 amide bonds. The zero-order valence-electron chi connectivity index (χ0n) is 19.4. The standard InChI is InChI=1S/C27H19Cl2F2N5O/c1-2-32-27(37)17-14-33-35-23(17)24-25(16-11-12-20(30)19(29)13-16)36(21-10-6-9-18(28)22(21)31)26(34-24)15-7-4-3-5-8-15/h3-14H,2H2,1H3,(H,32,37)(H,33,35). The van der Waals surface area contributed by atoms with Crippen molar-refractivity contribution < 1.29 is 13.6 Å². The lowest BCUT2D eigenvalue weighted by atomic mass is 10.1. The predicted molar refractivity (Wildman–Crippen MR) is 140 cm³/mol. The molecular formula is C27H19Cl2F2N5O. The van der Waals surface area contributed by atoms with Crippen molar-refractivity contribution >= 4 is 29.1 Å². The number of imidazole rings is 1. The first-order chi connectivity index (χ1) is 17.9. The maximum Gasteiger partial charge on any atom is 0.255 e. The fraction of sp³-hybridized carbons (Fsp3) is 0.0741. The molecule has 0 aliphatic heterocycles. The topological polar surface area (TPSA) is 75.6 Å². The van der Waals surface area contributed by atoms with Crippen LogP contribution in [0.25, 0.3) is 39.7 Å². The number of aromatic amines is 1. The minimum atomic E-state index is -0.675. The van der Waals surface area contributed by atoms with Crippen LogP contribution in [0.5, 0.6) is 0 Å². The molecule has 0 fully saturated rings. The Morgan fingerprint density at radius 3 is 2.49 bits per heavy atom. The van der Waals surface area contributed by atoms with Gasteiger partial charge in [0.25, 0.3) is 5.91 Å². The van der Waals surface area contributed by atoms with Crippen LogP contribution in [0.1, 0.15) is 17.3 Å². The maximum atomic E-state index is 15.5. The van der Waals surface area contributed by atoms with E-state index in [0.29, 0.717) is 29.2 Å². The highest BCUT2D eigenvalue weighted by Gasteiger charge is 2.28. The highest BCUT2D eigenvalue weighted by Crippen LogP contribution is 2.41. The van der Waals surface area contributed by atoms with Gasteiger partial charge in [0.05, 0.1) is 27.0 Å². The molecule has 2 aromatic heterocycles. The van der Waals surface area contributed by atoms with Crippen molar-refractivity contribution in [3.8, 4) is 39.7 Å². The number of benzene rings is 3. The summed E-state index contributed by atoms with van der Waals surface area (Å²) >= 11 is 12.3. The van der Waals surface area contributed by atoms with Gasteiger partial charge in [-0.3, -0.25) is 14.5 Å². The minimum absolute atomic E-state index is 0.0855. The Labute approximate surface area is 220 Å². The number of halogens is 4. The number of carbonyl (C=O) groups is 1. The summed E-state index contributed by atoms with van der Waals surface area (Å²) in [5.74, 6) is -1.29. The molecule has 5 aromatic rings. The molecule has 0 aliphatic rings. The van der Waals surface area contributed by atoms with E-state index in [-0.39, 0.29) is 38.6 Å². The molecule has 10 heteroatoms.